The molecule has 0 unspecified atom stereocenters. The molecule has 1 aromatic heterocycles. The maximum absolute atomic E-state index is 12.9. The fourth-order valence-corrected chi connectivity index (χ4v) is 3.06. The second-order valence-corrected chi connectivity index (χ2v) is 7.27. The third kappa shape index (κ3) is 3.30. The van der Waals surface area contributed by atoms with Crippen LogP contribution in [0.3, 0.4) is 0 Å². The largest absolute Gasteiger partial charge is 0.480 e. The Morgan fingerprint density at radius 1 is 1.22 bits per heavy atom. The molecule has 0 bridgehead atoms. The predicted molar refractivity (Wildman–Crippen MR) is 99.3 cm³/mol. The van der Waals surface area contributed by atoms with Crippen LogP contribution in [-0.4, -0.2) is 39.6 Å². The SMILES string of the molecule is COc1ncnc(C)c1-c1ccc(N)c2c1CN(C(=O)OC(C)(C)C)C2=O. The molecule has 27 heavy (non-hydrogen) atoms. The number of carbonyl (C=O) groups excluding carboxylic acids is 2. The number of aryl methyl sites for hydroxylation is 1. The molecule has 8 nitrogen and oxygen atoms in total. The highest BCUT2D eigenvalue weighted by Crippen LogP contribution is 2.40. The summed E-state index contributed by atoms with van der Waals surface area (Å²) in [5.41, 5.74) is 8.61. The van der Waals surface area contributed by atoms with Gasteiger partial charge in [-0.1, -0.05) is 6.07 Å². The maximum atomic E-state index is 12.9. The Morgan fingerprint density at radius 2 is 1.93 bits per heavy atom. The van der Waals surface area contributed by atoms with Crippen molar-refractivity contribution in [3.63, 3.8) is 0 Å². The van der Waals surface area contributed by atoms with Crippen LogP contribution >= 0.6 is 0 Å². The van der Waals surface area contributed by atoms with Gasteiger partial charge in [-0.05, 0) is 44.9 Å². The number of amides is 2. The quantitative estimate of drug-likeness (QED) is 0.810. The van der Waals surface area contributed by atoms with Crippen LogP contribution in [0.4, 0.5) is 10.5 Å². The molecule has 1 aliphatic rings. The Balaban J connectivity index is 2.11. The molecule has 142 valence electrons. The zero-order valence-corrected chi connectivity index (χ0v) is 16.0. The first-order chi connectivity index (χ1) is 12.6. The number of hydrogen-bond acceptors (Lipinski definition) is 7. The average molecular weight is 370 g/mol. The van der Waals surface area contributed by atoms with Crippen molar-refractivity contribution in [3.8, 4) is 17.0 Å². The molecule has 0 radical (unpaired) electrons. The second-order valence-electron chi connectivity index (χ2n) is 7.27. The molecule has 2 amide bonds. The van der Waals surface area contributed by atoms with Crippen LogP contribution in [0.1, 0.15) is 42.4 Å². The van der Waals surface area contributed by atoms with Crippen LogP contribution in [0, 0.1) is 6.92 Å². The Bertz CT molecular complexity index is 934. The number of nitrogens with zero attached hydrogens (tertiary/aromatic N) is 3. The molecule has 0 fully saturated rings. The first-order valence-electron chi connectivity index (χ1n) is 8.46. The number of fused-ring (bicyclic) bond motifs is 1. The zero-order valence-electron chi connectivity index (χ0n) is 16.0. The van der Waals surface area contributed by atoms with Gasteiger partial charge in [-0.15, -0.1) is 0 Å². The number of nitrogens with two attached hydrogens (primary N) is 1. The van der Waals surface area contributed by atoms with Gasteiger partial charge in [0.15, 0.2) is 0 Å². The van der Waals surface area contributed by atoms with Gasteiger partial charge in [0.05, 0.1) is 30.5 Å². The van der Waals surface area contributed by atoms with E-state index in [0.29, 0.717) is 39.5 Å². The van der Waals surface area contributed by atoms with Crippen molar-refractivity contribution in [2.75, 3.05) is 12.8 Å². The monoisotopic (exact) mass is 370 g/mol. The van der Waals surface area contributed by atoms with Gasteiger partial charge in [0, 0.05) is 5.69 Å². The minimum atomic E-state index is -0.715. The number of nitrogen functional groups attached to an aromatic ring is 1. The van der Waals surface area contributed by atoms with Gasteiger partial charge in [-0.25, -0.2) is 19.7 Å². The molecule has 0 saturated carbocycles. The Labute approximate surface area is 157 Å². The van der Waals surface area contributed by atoms with Gasteiger partial charge in [-0.2, -0.15) is 0 Å². The lowest BCUT2D eigenvalue weighted by molar-refractivity contribution is 0.0248. The van der Waals surface area contributed by atoms with Crippen molar-refractivity contribution in [1.82, 2.24) is 14.9 Å². The summed E-state index contributed by atoms with van der Waals surface area (Å²) in [4.78, 5) is 34.8. The molecule has 2 N–H and O–H groups in total. The van der Waals surface area contributed by atoms with E-state index in [-0.39, 0.29) is 6.54 Å². The molecule has 2 aromatic rings. The normalized spacial score (nSPS) is 13.5. The van der Waals surface area contributed by atoms with Crippen molar-refractivity contribution in [2.24, 2.45) is 0 Å². The predicted octanol–water partition coefficient (Wildman–Crippen LogP) is 2.93. The Hall–Kier alpha value is -3.16. The molecule has 0 aliphatic carbocycles. The van der Waals surface area contributed by atoms with E-state index in [0.717, 1.165) is 4.90 Å². The lowest BCUT2D eigenvalue weighted by Gasteiger charge is -2.23. The Morgan fingerprint density at radius 3 is 2.56 bits per heavy atom. The molecule has 8 heteroatoms. The molecule has 0 saturated heterocycles. The Kier molecular flexibility index (Phi) is 4.51. The molecule has 1 aromatic carbocycles. The summed E-state index contributed by atoms with van der Waals surface area (Å²) >= 11 is 0. The first-order valence-corrected chi connectivity index (χ1v) is 8.46. The number of hydrogen-bond donors (Lipinski definition) is 1. The number of rotatable bonds is 2. The highest BCUT2D eigenvalue weighted by molar-refractivity contribution is 6.11. The van der Waals surface area contributed by atoms with Crippen molar-refractivity contribution in [3.05, 3.63) is 35.3 Å². The second kappa shape index (κ2) is 6.53. The summed E-state index contributed by atoms with van der Waals surface area (Å²) in [6.45, 7) is 7.11. The summed E-state index contributed by atoms with van der Waals surface area (Å²) < 4.78 is 10.7. The number of anilines is 1. The summed E-state index contributed by atoms with van der Waals surface area (Å²) in [6, 6.07) is 3.42. The van der Waals surface area contributed by atoms with E-state index in [1.165, 1.54) is 13.4 Å². The van der Waals surface area contributed by atoms with E-state index >= 15 is 0 Å². The minimum absolute atomic E-state index is 0.0565. The third-order valence-electron chi connectivity index (χ3n) is 4.20. The van der Waals surface area contributed by atoms with Gasteiger partial charge in [0.25, 0.3) is 5.91 Å². The molecule has 2 heterocycles. The van der Waals surface area contributed by atoms with Crippen molar-refractivity contribution in [1.29, 1.82) is 0 Å². The average Bonchev–Trinajstić information content (AvgIpc) is 2.93. The van der Waals surface area contributed by atoms with Gasteiger partial charge >= 0.3 is 6.09 Å². The van der Waals surface area contributed by atoms with Crippen LogP contribution in [0.2, 0.25) is 0 Å². The molecular formula is C19H22N4O4. The van der Waals surface area contributed by atoms with Gasteiger partial charge in [0.1, 0.15) is 11.9 Å². The van der Waals surface area contributed by atoms with Crippen LogP contribution in [0.15, 0.2) is 18.5 Å². The summed E-state index contributed by atoms with van der Waals surface area (Å²) in [5.74, 6) is -0.0929. The number of imide groups is 1. The highest BCUT2D eigenvalue weighted by Gasteiger charge is 2.38. The van der Waals surface area contributed by atoms with Crippen LogP contribution in [0.5, 0.6) is 5.88 Å². The van der Waals surface area contributed by atoms with Crippen LogP contribution < -0.4 is 10.5 Å². The summed E-state index contributed by atoms with van der Waals surface area (Å²) in [7, 11) is 1.51. The molecule has 0 atom stereocenters. The zero-order chi connectivity index (χ0) is 19.9. The van der Waals surface area contributed by atoms with Crippen molar-refractivity contribution >= 4 is 17.7 Å². The fraction of sp³-hybridized carbons (Fsp3) is 0.368. The van der Waals surface area contributed by atoms with E-state index in [9.17, 15) is 9.59 Å². The lowest BCUT2D eigenvalue weighted by Crippen LogP contribution is -2.37. The van der Waals surface area contributed by atoms with Gasteiger partial charge in [0.2, 0.25) is 5.88 Å². The van der Waals surface area contributed by atoms with Crippen LogP contribution in [0.25, 0.3) is 11.1 Å². The first kappa shape index (κ1) is 18.6. The highest BCUT2D eigenvalue weighted by atomic mass is 16.6. The standard InChI is InChI=1S/C19H22N4O4/c1-10-14(16(26-5)22-9-21-10)11-6-7-13(20)15-12(11)8-23(17(15)24)18(25)27-19(2,3)4/h6-7,9H,8,20H2,1-5H3. The van der Waals surface area contributed by atoms with E-state index in [4.69, 9.17) is 15.2 Å². The van der Waals surface area contributed by atoms with Gasteiger partial charge < -0.3 is 15.2 Å². The summed E-state index contributed by atoms with van der Waals surface area (Å²) in [5, 5.41) is 0. The number of benzene rings is 1. The minimum Gasteiger partial charge on any atom is -0.480 e. The molecule has 1 aliphatic heterocycles. The van der Waals surface area contributed by atoms with E-state index in [1.54, 1.807) is 32.9 Å². The third-order valence-corrected chi connectivity index (χ3v) is 4.20. The topological polar surface area (TPSA) is 108 Å². The van der Waals surface area contributed by atoms with E-state index in [1.807, 2.05) is 6.92 Å². The lowest BCUT2D eigenvalue weighted by atomic mass is 9.95. The van der Waals surface area contributed by atoms with Crippen molar-refractivity contribution in [2.45, 2.75) is 39.8 Å². The number of methoxy groups -OCH3 is 1. The molecular weight excluding hydrogens is 348 g/mol. The number of aromatic nitrogens is 2. The number of ether oxygens (including phenoxy) is 2. The van der Waals surface area contributed by atoms with Crippen LogP contribution in [-0.2, 0) is 11.3 Å². The summed E-state index contributed by atoms with van der Waals surface area (Å²) in [6.07, 6.45) is 0.704. The fourth-order valence-electron chi connectivity index (χ4n) is 3.06. The molecule has 3 rings (SSSR count). The number of carbonyl (C=O) groups is 2. The van der Waals surface area contributed by atoms with Crippen molar-refractivity contribution < 1.29 is 19.1 Å². The van der Waals surface area contributed by atoms with E-state index in [2.05, 4.69) is 9.97 Å². The molecule has 0 spiro atoms. The van der Waals surface area contributed by atoms with E-state index < -0.39 is 17.6 Å². The maximum Gasteiger partial charge on any atom is 0.417 e. The smallest absolute Gasteiger partial charge is 0.417 e. The van der Waals surface area contributed by atoms with Gasteiger partial charge in [-0.3, -0.25) is 4.79 Å².